The number of rotatable bonds is 5. The molecule has 4 amide bonds. The van der Waals surface area contributed by atoms with Gasteiger partial charge in [0.15, 0.2) is 0 Å². The minimum atomic E-state index is -0.446. The Kier molecular flexibility index (Phi) is 4.24. The Balaban J connectivity index is 2.51. The summed E-state index contributed by atoms with van der Waals surface area (Å²) in [4.78, 5) is 35.0. The van der Waals surface area contributed by atoms with Crippen molar-refractivity contribution < 1.29 is 14.4 Å². The molecule has 1 saturated heterocycles. The van der Waals surface area contributed by atoms with Crippen LogP contribution in [0.5, 0.6) is 0 Å². The SMILES string of the molecule is CCCC1NC(=O)N(CCC(=O)NN)C1=O. The molecular formula is C9H16N4O3. The van der Waals surface area contributed by atoms with Gasteiger partial charge in [-0.2, -0.15) is 0 Å². The van der Waals surface area contributed by atoms with E-state index in [2.05, 4.69) is 5.32 Å². The molecule has 0 spiro atoms. The molecule has 0 aromatic rings. The summed E-state index contributed by atoms with van der Waals surface area (Å²) >= 11 is 0. The van der Waals surface area contributed by atoms with Crippen LogP contribution < -0.4 is 16.6 Å². The number of carbonyl (C=O) groups excluding carboxylic acids is 3. The number of urea groups is 1. The number of nitrogens with zero attached hydrogens (tertiary/aromatic N) is 1. The topological polar surface area (TPSA) is 105 Å². The summed E-state index contributed by atoms with van der Waals surface area (Å²) in [5.41, 5.74) is 1.95. The van der Waals surface area contributed by atoms with Crippen molar-refractivity contribution in [3.05, 3.63) is 0 Å². The normalized spacial score (nSPS) is 19.9. The highest BCUT2D eigenvalue weighted by Gasteiger charge is 2.36. The van der Waals surface area contributed by atoms with Crippen LogP contribution in [0.4, 0.5) is 4.79 Å². The fraction of sp³-hybridized carbons (Fsp3) is 0.667. The molecule has 4 N–H and O–H groups in total. The second-order valence-corrected chi connectivity index (χ2v) is 3.60. The predicted molar refractivity (Wildman–Crippen MR) is 55.9 cm³/mol. The first-order valence-electron chi connectivity index (χ1n) is 5.21. The van der Waals surface area contributed by atoms with E-state index in [9.17, 15) is 14.4 Å². The van der Waals surface area contributed by atoms with E-state index in [1.165, 1.54) is 0 Å². The Labute approximate surface area is 93.3 Å². The largest absolute Gasteiger partial charge is 0.326 e. The van der Waals surface area contributed by atoms with Crippen LogP contribution in [0.1, 0.15) is 26.2 Å². The monoisotopic (exact) mass is 228 g/mol. The third-order valence-electron chi connectivity index (χ3n) is 2.41. The molecule has 1 heterocycles. The fourth-order valence-corrected chi connectivity index (χ4v) is 1.56. The summed E-state index contributed by atoms with van der Waals surface area (Å²) in [5, 5.41) is 2.57. The maximum atomic E-state index is 11.7. The van der Waals surface area contributed by atoms with Gasteiger partial charge < -0.3 is 5.32 Å². The summed E-state index contributed by atoms with van der Waals surface area (Å²) in [6.45, 7) is 2.00. The number of hydrogen-bond acceptors (Lipinski definition) is 4. The number of imide groups is 1. The molecular weight excluding hydrogens is 212 g/mol. The average molecular weight is 228 g/mol. The van der Waals surface area contributed by atoms with Crippen LogP contribution in [0.3, 0.4) is 0 Å². The Morgan fingerprint density at radius 1 is 1.56 bits per heavy atom. The van der Waals surface area contributed by atoms with Gasteiger partial charge in [0, 0.05) is 13.0 Å². The molecule has 1 atom stereocenters. The van der Waals surface area contributed by atoms with Crippen LogP contribution in [0, 0.1) is 0 Å². The highest BCUT2D eigenvalue weighted by molar-refractivity contribution is 6.04. The van der Waals surface area contributed by atoms with E-state index in [-0.39, 0.29) is 18.9 Å². The summed E-state index contributed by atoms with van der Waals surface area (Å²) in [6.07, 6.45) is 1.45. The van der Waals surface area contributed by atoms with Gasteiger partial charge in [-0.3, -0.25) is 19.9 Å². The quantitative estimate of drug-likeness (QED) is 0.245. The first-order valence-corrected chi connectivity index (χ1v) is 5.21. The lowest BCUT2D eigenvalue weighted by molar-refractivity contribution is -0.128. The van der Waals surface area contributed by atoms with Gasteiger partial charge in [-0.25, -0.2) is 10.6 Å². The number of carbonyl (C=O) groups is 3. The van der Waals surface area contributed by atoms with Gasteiger partial charge in [-0.1, -0.05) is 13.3 Å². The highest BCUT2D eigenvalue weighted by Crippen LogP contribution is 2.11. The lowest BCUT2D eigenvalue weighted by Crippen LogP contribution is -2.37. The third kappa shape index (κ3) is 2.69. The van der Waals surface area contributed by atoms with Gasteiger partial charge in [-0.05, 0) is 6.42 Å². The molecule has 7 heteroatoms. The maximum Gasteiger partial charge on any atom is 0.324 e. The van der Waals surface area contributed by atoms with Crippen molar-refractivity contribution in [2.45, 2.75) is 32.2 Å². The molecule has 0 bridgehead atoms. The second-order valence-electron chi connectivity index (χ2n) is 3.60. The van der Waals surface area contributed by atoms with Gasteiger partial charge in [0.2, 0.25) is 5.91 Å². The van der Waals surface area contributed by atoms with Crippen LogP contribution in [-0.2, 0) is 9.59 Å². The molecule has 1 rings (SSSR count). The number of hydrogen-bond donors (Lipinski definition) is 3. The van der Waals surface area contributed by atoms with Crippen molar-refractivity contribution >= 4 is 17.8 Å². The van der Waals surface area contributed by atoms with E-state index in [0.29, 0.717) is 6.42 Å². The number of amides is 4. The molecule has 1 fully saturated rings. The summed E-state index contributed by atoms with van der Waals surface area (Å²) < 4.78 is 0. The van der Waals surface area contributed by atoms with Crippen LogP contribution in [0.2, 0.25) is 0 Å². The Hall–Kier alpha value is -1.63. The van der Waals surface area contributed by atoms with Crippen LogP contribution in [-0.4, -0.2) is 35.3 Å². The molecule has 7 nitrogen and oxygen atoms in total. The van der Waals surface area contributed by atoms with Crippen molar-refractivity contribution in [2.75, 3.05) is 6.54 Å². The summed E-state index contributed by atoms with van der Waals surface area (Å²) in [6, 6.07) is -0.883. The number of nitrogens with one attached hydrogen (secondary N) is 2. The van der Waals surface area contributed by atoms with Crippen molar-refractivity contribution in [1.82, 2.24) is 15.6 Å². The van der Waals surface area contributed by atoms with Gasteiger partial charge >= 0.3 is 6.03 Å². The minimum Gasteiger partial charge on any atom is -0.326 e. The smallest absolute Gasteiger partial charge is 0.324 e. The first-order chi connectivity index (χ1) is 7.60. The molecule has 0 aromatic heterocycles. The lowest BCUT2D eigenvalue weighted by Gasteiger charge is -2.11. The zero-order chi connectivity index (χ0) is 12.1. The van der Waals surface area contributed by atoms with E-state index in [1.807, 2.05) is 12.3 Å². The number of hydrazine groups is 1. The fourth-order valence-electron chi connectivity index (χ4n) is 1.56. The van der Waals surface area contributed by atoms with Crippen LogP contribution in [0.25, 0.3) is 0 Å². The standard InChI is InChI=1S/C9H16N4O3/c1-2-3-6-8(15)13(9(16)11-6)5-4-7(14)12-10/h6H,2-5,10H2,1H3,(H,11,16)(H,12,14). The maximum absolute atomic E-state index is 11.7. The minimum absolute atomic E-state index is 0.0223. The Bertz CT molecular complexity index is 305. The van der Waals surface area contributed by atoms with Gasteiger partial charge in [0.1, 0.15) is 6.04 Å². The molecule has 0 radical (unpaired) electrons. The zero-order valence-electron chi connectivity index (χ0n) is 9.16. The van der Waals surface area contributed by atoms with E-state index in [4.69, 9.17) is 5.84 Å². The molecule has 1 aliphatic rings. The summed E-state index contributed by atoms with van der Waals surface area (Å²) in [7, 11) is 0. The zero-order valence-corrected chi connectivity index (χ0v) is 9.16. The van der Waals surface area contributed by atoms with Crippen molar-refractivity contribution in [1.29, 1.82) is 0 Å². The van der Waals surface area contributed by atoms with Crippen molar-refractivity contribution in [3.8, 4) is 0 Å². The lowest BCUT2D eigenvalue weighted by atomic mass is 10.1. The Morgan fingerprint density at radius 2 is 2.25 bits per heavy atom. The van der Waals surface area contributed by atoms with Gasteiger partial charge in [-0.15, -0.1) is 0 Å². The first kappa shape index (κ1) is 12.4. The second kappa shape index (κ2) is 5.45. The summed E-state index contributed by atoms with van der Waals surface area (Å²) in [5.74, 6) is 4.23. The van der Waals surface area contributed by atoms with Crippen LogP contribution >= 0.6 is 0 Å². The van der Waals surface area contributed by atoms with Crippen molar-refractivity contribution in [2.24, 2.45) is 5.84 Å². The molecule has 90 valence electrons. The van der Waals surface area contributed by atoms with Crippen molar-refractivity contribution in [3.63, 3.8) is 0 Å². The molecule has 0 aliphatic carbocycles. The Morgan fingerprint density at radius 3 is 2.81 bits per heavy atom. The molecule has 1 unspecified atom stereocenters. The highest BCUT2D eigenvalue weighted by atomic mass is 16.2. The average Bonchev–Trinajstić information content (AvgIpc) is 2.52. The third-order valence-corrected chi connectivity index (χ3v) is 2.41. The molecule has 16 heavy (non-hydrogen) atoms. The van der Waals surface area contributed by atoms with Gasteiger partial charge in [0.25, 0.3) is 5.91 Å². The predicted octanol–water partition coefficient (Wildman–Crippen LogP) is -0.913. The van der Waals surface area contributed by atoms with E-state index >= 15 is 0 Å². The van der Waals surface area contributed by atoms with E-state index < -0.39 is 18.0 Å². The van der Waals surface area contributed by atoms with E-state index in [1.54, 1.807) is 0 Å². The molecule has 0 saturated carbocycles. The van der Waals surface area contributed by atoms with Gasteiger partial charge in [0.05, 0.1) is 0 Å². The van der Waals surface area contributed by atoms with E-state index in [0.717, 1.165) is 11.3 Å². The van der Waals surface area contributed by atoms with Crippen LogP contribution in [0.15, 0.2) is 0 Å². The molecule has 0 aromatic carbocycles. The number of nitrogens with two attached hydrogens (primary N) is 1. The molecule has 1 aliphatic heterocycles.